The van der Waals surface area contributed by atoms with Crippen LogP contribution in [0.15, 0.2) is 79.0 Å². The molecule has 67 heavy (non-hydrogen) atoms. The average Bonchev–Trinajstić information content (AvgIpc) is 3.32. The number of ketones is 1. The quantitative estimate of drug-likeness (QED) is 0.0372. The van der Waals surface area contributed by atoms with Crippen LogP contribution in [0.5, 0.6) is 0 Å². The van der Waals surface area contributed by atoms with Crippen LogP contribution in [0.25, 0.3) is 11.3 Å². The number of hydrogen-bond donors (Lipinski definition) is 0. The van der Waals surface area contributed by atoms with Gasteiger partial charge in [0, 0.05) is 23.3 Å². The molecule has 0 aliphatic carbocycles. The van der Waals surface area contributed by atoms with E-state index in [-0.39, 0.29) is 5.78 Å². The summed E-state index contributed by atoms with van der Waals surface area (Å²) in [5.41, 5.74) is -10.2. The molecule has 1 aromatic heterocycles. The lowest BCUT2D eigenvalue weighted by atomic mass is 9.12. The zero-order chi connectivity index (χ0) is 49.7. The van der Waals surface area contributed by atoms with E-state index in [4.69, 9.17) is 0 Å². The Labute approximate surface area is 361 Å². The molecule has 0 bridgehead atoms. The Kier molecular flexibility index (Phi) is 13.7. The van der Waals surface area contributed by atoms with E-state index in [1.165, 1.54) is 5.56 Å². The van der Waals surface area contributed by atoms with Gasteiger partial charge < -0.3 is 0 Å². The van der Waals surface area contributed by atoms with E-state index in [0.717, 1.165) is 16.8 Å². The van der Waals surface area contributed by atoms with Crippen molar-refractivity contribution < 1.29 is 97.2 Å². The lowest BCUT2D eigenvalue weighted by molar-refractivity contribution is -0.672. The van der Waals surface area contributed by atoms with Crippen molar-refractivity contribution >= 4 is 33.8 Å². The standard InChI is InChI=1S/C24BF20.C20H18NO/c26-5-1(6(27)14(35)21(42)13(5)34)25(2-7(28)15(36)22(43)16(37)8(2)29,3-9(30)17(38)23(44)18(39)10(3)31)4-11(32)19(40)24(45)20(41)12(4)33;1-16-8-7-11-18(14-16)19-12-5-6-13-21(19)15-20(22)17-9-3-2-4-10-17/h;2-14H,15H2,1H3/q-1;+1. The highest BCUT2D eigenvalue weighted by atomic mass is 19.2. The van der Waals surface area contributed by atoms with Crippen LogP contribution < -0.4 is 26.4 Å². The lowest BCUT2D eigenvalue weighted by Crippen LogP contribution is -2.81. The number of hydrogen-bond acceptors (Lipinski definition) is 1. The van der Waals surface area contributed by atoms with Crippen molar-refractivity contribution in [1.82, 2.24) is 0 Å². The molecule has 0 unspecified atom stereocenters. The Morgan fingerprint density at radius 1 is 0.388 bits per heavy atom. The van der Waals surface area contributed by atoms with Crippen molar-refractivity contribution in [3.8, 4) is 11.3 Å². The summed E-state index contributed by atoms with van der Waals surface area (Å²) in [6.07, 6.45) is -5.26. The van der Waals surface area contributed by atoms with E-state index in [1.807, 2.05) is 65.4 Å². The van der Waals surface area contributed by atoms with Crippen LogP contribution in [0, 0.1) is 123 Å². The third kappa shape index (κ3) is 8.02. The van der Waals surface area contributed by atoms with Gasteiger partial charge in [0.1, 0.15) is 52.7 Å². The molecule has 0 aliphatic rings. The van der Waals surface area contributed by atoms with Gasteiger partial charge in [-0.1, -0.05) is 48.0 Å². The molecule has 0 amide bonds. The van der Waals surface area contributed by atoms with Gasteiger partial charge >= 0.3 is 0 Å². The molecule has 6 aromatic carbocycles. The minimum atomic E-state index is -7.22. The Hall–Kier alpha value is -7.20. The number of rotatable bonds is 8. The monoisotopic (exact) mass is 967 g/mol. The fourth-order valence-electron chi connectivity index (χ4n) is 7.42. The number of pyridine rings is 1. The third-order valence-electron chi connectivity index (χ3n) is 10.4. The van der Waals surface area contributed by atoms with Gasteiger partial charge in [-0.05, 0) is 25.1 Å². The molecule has 348 valence electrons. The van der Waals surface area contributed by atoms with Gasteiger partial charge in [0.05, 0.1) is 0 Å². The number of benzene rings is 6. The molecule has 2 nitrogen and oxygen atoms in total. The first-order chi connectivity index (χ1) is 31.4. The molecular weight excluding hydrogens is 949 g/mol. The van der Waals surface area contributed by atoms with Crippen LogP contribution in [0.1, 0.15) is 15.9 Å². The first-order valence-corrected chi connectivity index (χ1v) is 18.3. The Morgan fingerprint density at radius 2 is 0.701 bits per heavy atom. The molecule has 0 spiro atoms. The van der Waals surface area contributed by atoms with Crippen LogP contribution in [-0.4, -0.2) is 11.9 Å². The smallest absolute Gasteiger partial charge is 0.227 e. The Bertz CT molecular complexity index is 2760. The number of aromatic nitrogens is 1. The van der Waals surface area contributed by atoms with Crippen LogP contribution >= 0.6 is 0 Å². The number of nitrogens with zero attached hydrogens (tertiary/aromatic N) is 1. The van der Waals surface area contributed by atoms with E-state index in [9.17, 15) is 57.5 Å². The predicted molar refractivity (Wildman–Crippen MR) is 197 cm³/mol. The molecule has 0 aliphatic heterocycles. The first kappa shape index (κ1) is 49.2. The number of carbonyl (C=O) groups excluding carboxylic acids is 1. The summed E-state index contributed by atoms with van der Waals surface area (Å²) in [6, 6.07) is 23.8. The van der Waals surface area contributed by atoms with E-state index in [0.29, 0.717) is 6.54 Å². The molecule has 23 heteroatoms. The molecule has 0 atom stereocenters. The Balaban J connectivity index is 0.000000279. The molecule has 0 radical (unpaired) electrons. The molecule has 7 rings (SSSR count). The van der Waals surface area contributed by atoms with Gasteiger partial charge in [-0.3, -0.25) is 4.79 Å². The highest BCUT2D eigenvalue weighted by Gasteiger charge is 2.52. The van der Waals surface area contributed by atoms with Crippen molar-refractivity contribution in [2.24, 2.45) is 0 Å². The number of carbonyl (C=O) groups is 1. The summed E-state index contributed by atoms with van der Waals surface area (Å²) in [4.78, 5) is 12.4. The minimum absolute atomic E-state index is 0.116. The van der Waals surface area contributed by atoms with Crippen molar-refractivity contribution in [1.29, 1.82) is 0 Å². The summed E-state index contributed by atoms with van der Waals surface area (Å²) < 4.78 is 296. The second-order valence-corrected chi connectivity index (χ2v) is 14.2. The fraction of sp³-hybridized carbons (Fsp3) is 0.0455. The second-order valence-electron chi connectivity index (χ2n) is 14.2. The Morgan fingerprint density at radius 3 is 1.03 bits per heavy atom. The van der Waals surface area contributed by atoms with E-state index in [2.05, 4.69) is 25.1 Å². The van der Waals surface area contributed by atoms with Crippen molar-refractivity contribution in [2.45, 2.75) is 13.5 Å². The third-order valence-corrected chi connectivity index (χ3v) is 10.4. The van der Waals surface area contributed by atoms with Gasteiger partial charge in [0.15, 0.2) is 76.0 Å². The van der Waals surface area contributed by atoms with Crippen molar-refractivity contribution in [3.05, 3.63) is 206 Å². The zero-order valence-corrected chi connectivity index (χ0v) is 32.7. The van der Waals surface area contributed by atoms with Gasteiger partial charge in [0.2, 0.25) is 18.0 Å². The van der Waals surface area contributed by atoms with Gasteiger partial charge in [-0.2, -0.15) is 4.57 Å². The molecule has 0 saturated carbocycles. The van der Waals surface area contributed by atoms with E-state index < -0.39 is 144 Å². The van der Waals surface area contributed by atoms with Crippen molar-refractivity contribution in [2.75, 3.05) is 0 Å². The zero-order valence-electron chi connectivity index (χ0n) is 32.7. The highest BCUT2D eigenvalue weighted by molar-refractivity contribution is 7.20. The summed E-state index contributed by atoms with van der Waals surface area (Å²) in [5.74, 6) is -71.3. The van der Waals surface area contributed by atoms with Gasteiger partial charge in [-0.15, -0.1) is 21.9 Å². The van der Waals surface area contributed by atoms with E-state index in [1.54, 1.807) is 0 Å². The molecule has 1 heterocycles. The largest absolute Gasteiger partial charge is 0.287 e. The van der Waals surface area contributed by atoms with Crippen LogP contribution in [-0.2, 0) is 6.54 Å². The van der Waals surface area contributed by atoms with Crippen LogP contribution in [0.4, 0.5) is 87.8 Å². The summed E-state index contributed by atoms with van der Waals surface area (Å²) in [7, 11) is 0. The molecule has 7 aromatic rings. The van der Waals surface area contributed by atoms with Crippen molar-refractivity contribution in [3.63, 3.8) is 0 Å². The maximum Gasteiger partial charge on any atom is 0.227 e. The van der Waals surface area contributed by atoms with Crippen LogP contribution in [0.2, 0.25) is 0 Å². The van der Waals surface area contributed by atoms with Gasteiger partial charge in [0.25, 0.3) is 0 Å². The summed E-state index contributed by atoms with van der Waals surface area (Å²) in [5, 5.41) is 0. The van der Waals surface area contributed by atoms with Gasteiger partial charge in [-0.25, -0.2) is 87.8 Å². The first-order valence-electron chi connectivity index (χ1n) is 18.3. The summed E-state index contributed by atoms with van der Waals surface area (Å²) in [6.45, 7) is 2.42. The maximum absolute atomic E-state index is 15.4. The van der Waals surface area contributed by atoms with E-state index >= 15 is 35.1 Å². The highest BCUT2D eigenvalue weighted by Crippen LogP contribution is 2.31. The molecular formula is C44H18BF20NO. The average molecular weight is 967 g/mol. The fourth-order valence-corrected chi connectivity index (χ4v) is 7.42. The number of halogens is 20. The van der Waals surface area contributed by atoms with Crippen LogP contribution in [0.3, 0.4) is 0 Å². The second kappa shape index (κ2) is 18.6. The normalized spacial score (nSPS) is 11.5. The topological polar surface area (TPSA) is 20.9 Å². The minimum Gasteiger partial charge on any atom is -0.287 e. The maximum atomic E-state index is 15.4. The number of aryl methyl sites for hydroxylation is 1. The number of Topliss-reactive ketones (excluding diaryl/α,β-unsaturated/α-hetero) is 1. The predicted octanol–water partition coefficient (Wildman–Crippen LogP) is 9.68. The lowest BCUT2D eigenvalue weighted by Gasteiger charge is -2.44. The SMILES string of the molecule is Cc1cccc(-c2cccc[n+]2CC(=O)c2ccccc2)c1.Fc1c(F)c(F)c([B-](c2c(F)c(F)c(F)c(F)c2F)(c2c(F)c(F)c(F)c(F)c2F)c2c(F)c(F)c(F)c(F)c2F)c(F)c1F. The molecule has 0 N–H and O–H groups in total. The molecule has 0 saturated heterocycles. The molecule has 0 fully saturated rings. The summed E-state index contributed by atoms with van der Waals surface area (Å²) >= 11 is 0.